The summed E-state index contributed by atoms with van der Waals surface area (Å²) in [5.74, 6) is -0.0788. The van der Waals surface area contributed by atoms with Crippen molar-refractivity contribution in [2.75, 3.05) is 23.4 Å². The van der Waals surface area contributed by atoms with Crippen LogP contribution in [0.4, 0.5) is 11.4 Å². The Bertz CT molecular complexity index is 948. The molecule has 1 saturated heterocycles. The molecule has 0 bridgehead atoms. The summed E-state index contributed by atoms with van der Waals surface area (Å²) in [5.41, 5.74) is 3.53. The van der Waals surface area contributed by atoms with Gasteiger partial charge < -0.3 is 15.0 Å². The van der Waals surface area contributed by atoms with Crippen LogP contribution in [0.5, 0.6) is 0 Å². The van der Waals surface area contributed by atoms with Crippen molar-refractivity contribution in [1.29, 1.82) is 0 Å². The van der Waals surface area contributed by atoms with Crippen LogP contribution in [0.3, 0.4) is 0 Å². The summed E-state index contributed by atoms with van der Waals surface area (Å²) in [6, 6.07) is 27.1. The molecule has 3 aromatic carbocycles. The third kappa shape index (κ3) is 4.75. The molecule has 1 aliphatic rings. The van der Waals surface area contributed by atoms with E-state index in [1.807, 2.05) is 84.9 Å². The van der Waals surface area contributed by atoms with E-state index in [1.54, 1.807) is 4.90 Å². The van der Waals surface area contributed by atoms with Gasteiger partial charge in [0.2, 0.25) is 11.8 Å². The van der Waals surface area contributed by atoms with Gasteiger partial charge in [0, 0.05) is 24.3 Å². The molecule has 30 heavy (non-hydrogen) atoms. The maximum atomic E-state index is 12.5. The van der Waals surface area contributed by atoms with E-state index in [0.717, 1.165) is 29.8 Å². The average molecular weight is 400 g/mol. The first-order valence-corrected chi connectivity index (χ1v) is 10.1. The monoisotopic (exact) mass is 400 g/mol. The van der Waals surface area contributed by atoms with Crippen LogP contribution < -0.4 is 10.2 Å². The van der Waals surface area contributed by atoms with Gasteiger partial charge in [-0.1, -0.05) is 60.7 Å². The summed E-state index contributed by atoms with van der Waals surface area (Å²) in [5, 5.41) is 2.86. The first kappa shape index (κ1) is 19.9. The lowest BCUT2D eigenvalue weighted by molar-refractivity contribution is -0.122. The molecule has 0 aromatic heterocycles. The van der Waals surface area contributed by atoms with E-state index >= 15 is 0 Å². The van der Waals surface area contributed by atoms with E-state index < -0.39 is 0 Å². The fourth-order valence-corrected chi connectivity index (χ4v) is 3.64. The van der Waals surface area contributed by atoms with Gasteiger partial charge in [-0.05, 0) is 41.8 Å². The van der Waals surface area contributed by atoms with Gasteiger partial charge in [-0.2, -0.15) is 0 Å². The van der Waals surface area contributed by atoms with Crippen LogP contribution >= 0.6 is 0 Å². The molecule has 1 fully saturated rings. The van der Waals surface area contributed by atoms with E-state index in [-0.39, 0.29) is 24.5 Å². The third-order valence-electron chi connectivity index (χ3n) is 5.12. The van der Waals surface area contributed by atoms with Crippen molar-refractivity contribution in [3.8, 4) is 0 Å². The highest BCUT2D eigenvalue weighted by Crippen LogP contribution is 2.26. The SMILES string of the molecule is O=C(COC(c1ccccc1)c1ccccc1)Nc1ccc(N2CCCC2=O)cc1. The van der Waals surface area contributed by atoms with Gasteiger partial charge in [-0.25, -0.2) is 0 Å². The molecule has 152 valence electrons. The van der Waals surface area contributed by atoms with Crippen molar-refractivity contribution in [2.45, 2.75) is 18.9 Å². The van der Waals surface area contributed by atoms with Gasteiger partial charge in [-0.3, -0.25) is 9.59 Å². The smallest absolute Gasteiger partial charge is 0.250 e. The Morgan fingerprint density at radius 3 is 2.03 bits per heavy atom. The zero-order valence-electron chi connectivity index (χ0n) is 16.7. The number of amides is 2. The van der Waals surface area contributed by atoms with Crippen molar-refractivity contribution in [3.63, 3.8) is 0 Å². The summed E-state index contributed by atoms with van der Waals surface area (Å²) >= 11 is 0. The zero-order valence-corrected chi connectivity index (χ0v) is 16.7. The lowest BCUT2D eigenvalue weighted by Crippen LogP contribution is -2.23. The van der Waals surface area contributed by atoms with E-state index in [2.05, 4.69) is 5.32 Å². The molecule has 0 spiro atoms. The second-order valence-electron chi connectivity index (χ2n) is 7.26. The van der Waals surface area contributed by atoms with Gasteiger partial charge in [0.05, 0.1) is 0 Å². The maximum Gasteiger partial charge on any atom is 0.250 e. The number of nitrogens with zero attached hydrogens (tertiary/aromatic N) is 1. The number of rotatable bonds is 7. The van der Waals surface area contributed by atoms with Crippen molar-refractivity contribution in [2.24, 2.45) is 0 Å². The first-order valence-electron chi connectivity index (χ1n) is 10.1. The topological polar surface area (TPSA) is 58.6 Å². The Balaban J connectivity index is 1.38. The fourth-order valence-electron chi connectivity index (χ4n) is 3.64. The molecule has 0 radical (unpaired) electrons. The van der Waals surface area contributed by atoms with Crippen LogP contribution in [-0.4, -0.2) is 25.0 Å². The van der Waals surface area contributed by atoms with Gasteiger partial charge >= 0.3 is 0 Å². The zero-order chi connectivity index (χ0) is 20.8. The van der Waals surface area contributed by atoms with Crippen LogP contribution in [0.1, 0.15) is 30.1 Å². The molecule has 0 aliphatic carbocycles. The quantitative estimate of drug-likeness (QED) is 0.633. The lowest BCUT2D eigenvalue weighted by atomic mass is 10.0. The summed E-state index contributed by atoms with van der Waals surface area (Å²) in [7, 11) is 0. The molecule has 1 N–H and O–H groups in total. The van der Waals surface area contributed by atoms with Gasteiger partial charge in [0.1, 0.15) is 12.7 Å². The van der Waals surface area contributed by atoms with Gasteiger partial charge in [0.25, 0.3) is 0 Å². The van der Waals surface area contributed by atoms with Crippen molar-refractivity contribution in [3.05, 3.63) is 96.1 Å². The Labute approximate surface area is 176 Å². The lowest BCUT2D eigenvalue weighted by Gasteiger charge is -2.19. The fraction of sp³-hybridized carbons (Fsp3) is 0.200. The van der Waals surface area contributed by atoms with Crippen LogP contribution in [0, 0.1) is 0 Å². The number of benzene rings is 3. The number of anilines is 2. The normalized spacial score (nSPS) is 13.6. The van der Waals surface area contributed by atoms with Crippen molar-refractivity contribution in [1.82, 2.24) is 0 Å². The third-order valence-corrected chi connectivity index (χ3v) is 5.12. The van der Waals surface area contributed by atoms with E-state index in [1.165, 1.54) is 0 Å². The summed E-state index contributed by atoms with van der Waals surface area (Å²) < 4.78 is 6.00. The predicted molar refractivity (Wildman–Crippen MR) is 117 cm³/mol. The van der Waals surface area contributed by atoms with E-state index in [4.69, 9.17) is 4.74 Å². The second kappa shape index (κ2) is 9.37. The summed E-state index contributed by atoms with van der Waals surface area (Å²) in [6.45, 7) is 0.680. The minimum absolute atomic E-state index is 0.0686. The standard InChI is InChI=1S/C25H24N2O3/c28-23(26-21-13-15-22(16-14-21)27-17-7-12-24(27)29)18-30-25(19-8-3-1-4-9-19)20-10-5-2-6-11-20/h1-6,8-11,13-16,25H,7,12,17-18H2,(H,26,28). The van der Waals surface area contributed by atoms with Crippen LogP contribution in [-0.2, 0) is 14.3 Å². The predicted octanol–water partition coefficient (Wildman–Crippen LogP) is 4.56. The largest absolute Gasteiger partial charge is 0.359 e. The first-order chi connectivity index (χ1) is 14.7. The molecule has 1 aliphatic heterocycles. The molecule has 2 amide bonds. The molecular formula is C25H24N2O3. The summed E-state index contributed by atoms with van der Waals surface area (Å²) in [4.78, 5) is 26.1. The molecule has 3 aromatic rings. The Morgan fingerprint density at radius 2 is 1.50 bits per heavy atom. The maximum absolute atomic E-state index is 12.5. The highest BCUT2D eigenvalue weighted by molar-refractivity contribution is 5.96. The minimum atomic E-state index is -0.318. The van der Waals surface area contributed by atoms with Gasteiger partial charge in [0.15, 0.2) is 0 Å². The number of carbonyl (C=O) groups excluding carboxylic acids is 2. The molecule has 0 saturated carbocycles. The number of carbonyl (C=O) groups is 2. The summed E-state index contributed by atoms with van der Waals surface area (Å²) in [6.07, 6.45) is 1.17. The van der Waals surface area contributed by atoms with Crippen LogP contribution in [0.2, 0.25) is 0 Å². The van der Waals surface area contributed by atoms with E-state index in [9.17, 15) is 9.59 Å². The van der Waals surface area contributed by atoms with Crippen molar-refractivity contribution >= 4 is 23.2 Å². The van der Waals surface area contributed by atoms with Crippen molar-refractivity contribution < 1.29 is 14.3 Å². The number of ether oxygens (including phenoxy) is 1. The van der Waals surface area contributed by atoms with Crippen LogP contribution in [0.15, 0.2) is 84.9 Å². The molecular weight excluding hydrogens is 376 g/mol. The Morgan fingerprint density at radius 1 is 0.900 bits per heavy atom. The number of hydrogen-bond acceptors (Lipinski definition) is 3. The second-order valence-corrected chi connectivity index (χ2v) is 7.26. The highest BCUT2D eigenvalue weighted by Gasteiger charge is 2.21. The highest BCUT2D eigenvalue weighted by atomic mass is 16.5. The number of nitrogens with one attached hydrogen (secondary N) is 1. The Hall–Kier alpha value is -3.44. The molecule has 5 nitrogen and oxygen atoms in total. The average Bonchev–Trinajstić information content (AvgIpc) is 3.22. The molecule has 4 rings (SSSR count). The molecule has 0 atom stereocenters. The molecule has 0 unspecified atom stereocenters. The number of hydrogen-bond donors (Lipinski definition) is 1. The minimum Gasteiger partial charge on any atom is -0.359 e. The van der Waals surface area contributed by atoms with E-state index in [0.29, 0.717) is 12.1 Å². The molecule has 5 heteroatoms. The van der Waals surface area contributed by atoms with Gasteiger partial charge in [-0.15, -0.1) is 0 Å². The van der Waals surface area contributed by atoms with Crippen LogP contribution in [0.25, 0.3) is 0 Å². The molecule has 1 heterocycles. The Kier molecular flexibility index (Phi) is 6.20.